The van der Waals surface area contributed by atoms with Gasteiger partial charge in [-0.2, -0.15) is 0 Å². The Morgan fingerprint density at radius 2 is 1.68 bits per heavy atom. The van der Waals surface area contributed by atoms with Crippen LogP contribution in [0.1, 0.15) is 17.2 Å². The van der Waals surface area contributed by atoms with Crippen LogP contribution in [0.15, 0.2) is 54.6 Å². The second kappa shape index (κ2) is 6.92. The number of benzene rings is 2. The van der Waals surface area contributed by atoms with Crippen molar-refractivity contribution < 1.29 is 5.11 Å². The summed E-state index contributed by atoms with van der Waals surface area (Å²) < 4.78 is 0. The van der Waals surface area contributed by atoms with Crippen molar-refractivity contribution >= 4 is 5.69 Å². The Kier molecular flexibility index (Phi) is 4.95. The second-order valence-electron chi connectivity index (χ2n) is 4.54. The first-order valence-electron chi connectivity index (χ1n) is 6.55. The van der Waals surface area contributed by atoms with Gasteiger partial charge < -0.3 is 16.2 Å². The number of rotatable bonds is 6. The lowest BCUT2D eigenvalue weighted by atomic mass is 10.1. The molecule has 2 aromatic carbocycles. The molecule has 3 nitrogen and oxygen atoms in total. The first-order valence-corrected chi connectivity index (χ1v) is 6.55. The first kappa shape index (κ1) is 13.6. The van der Waals surface area contributed by atoms with Crippen LogP contribution in [0, 0.1) is 0 Å². The fourth-order valence-electron chi connectivity index (χ4n) is 1.96. The second-order valence-corrected chi connectivity index (χ2v) is 4.54. The molecule has 0 saturated heterocycles. The van der Waals surface area contributed by atoms with Crippen LogP contribution in [0.3, 0.4) is 0 Å². The largest absolute Gasteiger partial charge is 0.387 e. The average molecular weight is 256 g/mol. The number of nitrogens with two attached hydrogens (primary N) is 1. The molecule has 0 amide bonds. The molecule has 4 N–H and O–H groups in total. The summed E-state index contributed by atoms with van der Waals surface area (Å²) in [6.45, 7) is 1.17. The summed E-state index contributed by atoms with van der Waals surface area (Å²) in [6.07, 6.45) is 0.400. The Morgan fingerprint density at radius 3 is 2.32 bits per heavy atom. The van der Waals surface area contributed by atoms with Crippen LogP contribution < -0.4 is 11.1 Å². The molecule has 0 aromatic heterocycles. The van der Waals surface area contributed by atoms with Gasteiger partial charge in [-0.3, -0.25) is 0 Å². The highest BCUT2D eigenvalue weighted by atomic mass is 16.3. The summed E-state index contributed by atoms with van der Waals surface area (Å²) in [6, 6.07) is 17.8. The monoisotopic (exact) mass is 256 g/mol. The molecule has 100 valence electrons. The number of aliphatic hydroxyl groups is 1. The third-order valence-corrected chi connectivity index (χ3v) is 3.07. The zero-order chi connectivity index (χ0) is 13.5. The molecule has 0 bridgehead atoms. The highest BCUT2D eigenvalue weighted by molar-refractivity contribution is 5.45. The van der Waals surface area contributed by atoms with E-state index in [2.05, 4.69) is 17.4 Å². The molecule has 0 radical (unpaired) electrons. The van der Waals surface area contributed by atoms with Crippen LogP contribution in [0.5, 0.6) is 0 Å². The molecule has 1 unspecified atom stereocenters. The van der Waals surface area contributed by atoms with Gasteiger partial charge in [-0.05, 0) is 36.2 Å². The lowest BCUT2D eigenvalue weighted by Crippen LogP contribution is -2.12. The fraction of sp³-hybridized carbons (Fsp3) is 0.250. The van der Waals surface area contributed by atoms with Gasteiger partial charge in [-0.1, -0.05) is 42.5 Å². The van der Waals surface area contributed by atoms with Crippen molar-refractivity contribution in [1.29, 1.82) is 0 Å². The Labute approximate surface area is 114 Å². The molecule has 0 aliphatic rings. The van der Waals surface area contributed by atoms with E-state index >= 15 is 0 Å². The molecule has 2 rings (SSSR count). The Bertz CT molecular complexity index is 482. The molecule has 19 heavy (non-hydrogen) atoms. The van der Waals surface area contributed by atoms with E-state index in [-0.39, 0.29) is 0 Å². The van der Waals surface area contributed by atoms with Crippen LogP contribution in [-0.4, -0.2) is 18.2 Å². The lowest BCUT2D eigenvalue weighted by molar-refractivity contribution is 0.191. The molecule has 2 aromatic rings. The van der Waals surface area contributed by atoms with Gasteiger partial charge in [0.15, 0.2) is 0 Å². The van der Waals surface area contributed by atoms with Crippen LogP contribution >= 0.6 is 0 Å². The van der Waals surface area contributed by atoms with Crippen molar-refractivity contribution in [3.63, 3.8) is 0 Å². The average Bonchev–Trinajstić information content (AvgIpc) is 2.47. The van der Waals surface area contributed by atoms with Crippen LogP contribution in [0.2, 0.25) is 0 Å². The normalized spacial score (nSPS) is 12.1. The van der Waals surface area contributed by atoms with Crippen molar-refractivity contribution in [3.05, 3.63) is 65.7 Å². The van der Waals surface area contributed by atoms with E-state index in [0.29, 0.717) is 13.1 Å². The summed E-state index contributed by atoms with van der Waals surface area (Å²) in [5.41, 5.74) is 8.68. The van der Waals surface area contributed by atoms with Crippen LogP contribution in [-0.2, 0) is 6.42 Å². The summed E-state index contributed by atoms with van der Waals surface area (Å²) >= 11 is 0. The van der Waals surface area contributed by atoms with Gasteiger partial charge in [0, 0.05) is 12.2 Å². The first-order chi connectivity index (χ1) is 9.29. The maximum Gasteiger partial charge on any atom is 0.0962 e. The highest BCUT2D eigenvalue weighted by Crippen LogP contribution is 2.15. The zero-order valence-electron chi connectivity index (χ0n) is 10.9. The molecule has 3 heteroatoms. The number of anilines is 1. The minimum absolute atomic E-state index is 0.495. The minimum Gasteiger partial charge on any atom is -0.387 e. The minimum atomic E-state index is -0.495. The van der Waals surface area contributed by atoms with Gasteiger partial charge in [0.1, 0.15) is 0 Å². The molecule has 0 spiro atoms. The van der Waals surface area contributed by atoms with Gasteiger partial charge in [-0.15, -0.1) is 0 Å². The maximum atomic E-state index is 10.0. The summed E-state index contributed by atoms with van der Waals surface area (Å²) in [4.78, 5) is 0. The molecular weight excluding hydrogens is 236 g/mol. The van der Waals surface area contributed by atoms with Gasteiger partial charge in [0.2, 0.25) is 0 Å². The quantitative estimate of drug-likeness (QED) is 0.743. The van der Waals surface area contributed by atoms with E-state index in [9.17, 15) is 5.11 Å². The number of hydrogen-bond donors (Lipinski definition) is 3. The van der Waals surface area contributed by atoms with E-state index in [0.717, 1.165) is 17.7 Å². The molecule has 1 atom stereocenters. The van der Waals surface area contributed by atoms with Gasteiger partial charge in [0.05, 0.1) is 6.10 Å². The Hall–Kier alpha value is -1.84. The Balaban J connectivity index is 1.88. The van der Waals surface area contributed by atoms with Gasteiger partial charge >= 0.3 is 0 Å². The standard InChI is InChI=1S/C16H20N2O/c17-11-10-13-6-8-15(9-7-13)18-12-16(19)14-4-2-1-3-5-14/h1-9,16,18-19H,10-12,17H2. The molecule has 0 heterocycles. The van der Waals surface area contributed by atoms with Gasteiger partial charge in [-0.25, -0.2) is 0 Å². The SMILES string of the molecule is NCCc1ccc(NCC(O)c2ccccc2)cc1. The van der Waals surface area contributed by atoms with Crippen molar-refractivity contribution in [2.75, 3.05) is 18.4 Å². The molecule has 0 aliphatic heterocycles. The molecular formula is C16H20N2O. The predicted molar refractivity (Wildman–Crippen MR) is 79.1 cm³/mol. The van der Waals surface area contributed by atoms with Crippen molar-refractivity contribution in [1.82, 2.24) is 0 Å². The van der Waals surface area contributed by atoms with E-state index in [4.69, 9.17) is 5.73 Å². The fourth-order valence-corrected chi connectivity index (χ4v) is 1.96. The molecule has 0 fully saturated rings. The Morgan fingerprint density at radius 1 is 1.00 bits per heavy atom. The third-order valence-electron chi connectivity index (χ3n) is 3.07. The van der Waals surface area contributed by atoms with E-state index in [1.54, 1.807) is 0 Å². The topological polar surface area (TPSA) is 58.3 Å². The van der Waals surface area contributed by atoms with E-state index in [1.807, 2.05) is 42.5 Å². The van der Waals surface area contributed by atoms with E-state index in [1.165, 1.54) is 5.56 Å². The summed E-state index contributed by atoms with van der Waals surface area (Å²) in [5, 5.41) is 13.3. The van der Waals surface area contributed by atoms with Crippen LogP contribution in [0.25, 0.3) is 0 Å². The smallest absolute Gasteiger partial charge is 0.0962 e. The van der Waals surface area contributed by atoms with Gasteiger partial charge in [0.25, 0.3) is 0 Å². The third kappa shape index (κ3) is 4.09. The summed E-state index contributed by atoms with van der Waals surface area (Å²) in [5.74, 6) is 0. The van der Waals surface area contributed by atoms with E-state index < -0.39 is 6.10 Å². The number of nitrogens with one attached hydrogen (secondary N) is 1. The van der Waals surface area contributed by atoms with Crippen molar-refractivity contribution in [2.24, 2.45) is 5.73 Å². The van der Waals surface area contributed by atoms with Crippen LogP contribution in [0.4, 0.5) is 5.69 Å². The van der Waals surface area contributed by atoms with Crippen molar-refractivity contribution in [2.45, 2.75) is 12.5 Å². The molecule has 0 saturated carbocycles. The summed E-state index contributed by atoms with van der Waals surface area (Å²) in [7, 11) is 0. The lowest BCUT2D eigenvalue weighted by Gasteiger charge is -2.13. The zero-order valence-corrected chi connectivity index (χ0v) is 10.9. The highest BCUT2D eigenvalue weighted by Gasteiger charge is 2.05. The molecule has 0 aliphatic carbocycles. The number of hydrogen-bond acceptors (Lipinski definition) is 3. The predicted octanol–water partition coefficient (Wildman–Crippen LogP) is 2.33. The maximum absolute atomic E-state index is 10.0. The number of aliphatic hydroxyl groups excluding tert-OH is 1. The van der Waals surface area contributed by atoms with Crippen molar-refractivity contribution in [3.8, 4) is 0 Å².